The first-order valence-corrected chi connectivity index (χ1v) is 9.63. The van der Waals surface area contributed by atoms with Crippen molar-refractivity contribution >= 4 is 53.1 Å². The van der Waals surface area contributed by atoms with Crippen LogP contribution < -0.4 is 10.6 Å². The van der Waals surface area contributed by atoms with Crippen molar-refractivity contribution in [2.24, 2.45) is 4.99 Å². The Morgan fingerprint density at radius 1 is 1.21 bits per heavy atom. The van der Waals surface area contributed by atoms with Crippen LogP contribution in [0, 0.1) is 0 Å². The Bertz CT molecular complexity index is 750. The fourth-order valence-electron chi connectivity index (χ4n) is 2.28. The second-order valence-corrected chi connectivity index (χ2v) is 7.19. The van der Waals surface area contributed by atoms with E-state index in [9.17, 15) is 5.11 Å². The summed E-state index contributed by atoms with van der Waals surface area (Å²) in [4.78, 5) is 8.75. The molecule has 0 aliphatic carbocycles. The maximum atomic E-state index is 10.3. The van der Waals surface area contributed by atoms with Gasteiger partial charge in [-0.3, -0.25) is 4.99 Å². The van der Waals surface area contributed by atoms with Gasteiger partial charge in [-0.15, -0.1) is 24.0 Å². The summed E-state index contributed by atoms with van der Waals surface area (Å²) in [7, 11) is 0. The molecule has 156 valence electrons. The first kappa shape index (κ1) is 24.9. The van der Waals surface area contributed by atoms with E-state index in [1.165, 1.54) is 0 Å². The summed E-state index contributed by atoms with van der Waals surface area (Å²) in [5.41, 5.74) is 0.624. The Hall–Kier alpha value is -1.10. The molecule has 0 spiro atoms. The molecule has 0 saturated carbocycles. The normalized spacial score (nSPS) is 12.6. The van der Waals surface area contributed by atoms with Crippen molar-refractivity contribution in [1.29, 1.82) is 0 Å². The van der Waals surface area contributed by atoms with E-state index < -0.39 is 6.10 Å². The molecule has 0 saturated heterocycles. The number of halogens is 3. The van der Waals surface area contributed by atoms with Crippen LogP contribution in [0.5, 0.6) is 0 Å². The second kappa shape index (κ2) is 12.5. The number of aliphatic hydroxyl groups excluding tert-OH is 1. The zero-order valence-electron chi connectivity index (χ0n) is 16.1. The Labute approximate surface area is 192 Å². The number of nitrogens with one attached hydrogen (secondary N) is 2. The van der Waals surface area contributed by atoms with E-state index in [1.807, 2.05) is 20.8 Å². The number of guanidine groups is 1. The van der Waals surface area contributed by atoms with Crippen LogP contribution in [0.4, 0.5) is 0 Å². The molecule has 2 rings (SSSR count). The molecule has 1 heterocycles. The molecule has 3 N–H and O–H groups in total. The third kappa shape index (κ3) is 8.10. The van der Waals surface area contributed by atoms with Crippen molar-refractivity contribution in [2.45, 2.75) is 39.2 Å². The van der Waals surface area contributed by atoms with Crippen molar-refractivity contribution in [3.8, 4) is 0 Å². The van der Waals surface area contributed by atoms with Gasteiger partial charge in [0, 0.05) is 35.5 Å². The van der Waals surface area contributed by atoms with Gasteiger partial charge in [-0.2, -0.15) is 4.98 Å². The third-order valence-electron chi connectivity index (χ3n) is 3.67. The fourth-order valence-corrected chi connectivity index (χ4v) is 2.83. The number of aliphatic hydroxyl groups is 1. The highest BCUT2D eigenvalue weighted by Crippen LogP contribution is 2.23. The number of hydrogen-bond acceptors (Lipinski definition) is 5. The summed E-state index contributed by atoms with van der Waals surface area (Å²) in [6.07, 6.45) is -0.224. The summed E-state index contributed by atoms with van der Waals surface area (Å²) in [6, 6.07) is 4.97. The Morgan fingerprint density at radius 3 is 2.46 bits per heavy atom. The predicted octanol–water partition coefficient (Wildman–Crippen LogP) is 3.95. The molecule has 0 amide bonds. The molecule has 0 aliphatic rings. The van der Waals surface area contributed by atoms with Gasteiger partial charge in [0.1, 0.15) is 0 Å². The highest BCUT2D eigenvalue weighted by molar-refractivity contribution is 14.0. The minimum atomic E-state index is -0.804. The van der Waals surface area contributed by atoms with Crippen molar-refractivity contribution in [1.82, 2.24) is 20.8 Å². The average Bonchev–Trinajstić information content (AvgIpc) is 3.07. The van der Waals surface area contributed by atoms with Gasteiger partial charge < -0.3 is 20.3 Å². The summed E-state index contributed by atoms with van der Waals surface area (Å²) in [5.74, 6) is 2.11. The summed E-state index contributed by atoms with van der Waals surface area (Å²) >= 11 is 12.0. The molecule has 0 radical (unpaired) electrons. The van der Waals surface area contributed by atoms with E-state index >= 15 is 0 Å². The largest absolute Gasteiger partial charge is 0.386 e. The van der Waals surface area contributed by atoms with Crippen LogP contribution >= 0.6 is 47.2 Å². The number of aliphatic imine (C=N–C) groups is 1. The quantitative estimate of drug-likeness (QED) is 0.266. The minimum Gasteiger partial charge on any atom is -0.386 e. The Kier molecular flexibility index (Phi) is 11.1. The number of aromatic nitrogens is 2. The lowest BCUT2D eigenvalue weighted by Crippen LogP contribution is -2.38. The topological polar surface area (TPSA) is 95.6 Å². The van der Waals surface area contributed by atoms with Gasteiger partial charge in [0.2, 0.25) is 5.89 Å². The average molecular weight is 542 g/mol. The molecule has 1 atom stereocenters. The molecular weight excluding hydrogens is 516 g/mol. The first-order chi connectivity index (χ1) is 12.9. The van der Waals surface area contributed by atoms with Gasteiger partial charge in [0.15, 0.2) is 11.8 Å². The van der Waals surface area contributed by atoms with Crippen LogP contribution in [-0.4, -0.2) is 40.8 Å². The van der Waals surface area contributed by atoms with Gasteiger partial charge >= 0.3 is 0 Å². The zero-order valence-corrected chi connectivity index (χ0v) is 19.9. The number of hydrogen-bond donors (Lipinski definition) is 3. The van der Waals surface area contributed by atoms with Crippen LogP contribution in [0.25, 0.3) is 0 Å². The van der Waals surface area contributed by atoms with Crippen molar-refractivity contribution in [3.63, 3.8) is 0 Å². The monoisotopic (exact) mass is 541 g/mol. The molecule has 2 aromatic rings. The van der Waals surface area contributed by atoms with Gasteiger partial charge in [-0.05, 0) is 30.7 Å². The van der Waals surface area contributed by atoms with E-state index in [4.69, 9.17) is 27.7 Å². The van der Waals surface area contributed by atoms with E-state index in [2.05, 4.69) is 25.8 Å². The van der Waals surface area contributed by atoms with Crippen molar-refractivity contribution < 1.29 is 9.63 Å². The smallest absolute Gasteiger partial charge is 0.228 e. The van der Waals surface area contributed by atoms with E-state index in [0.717, 1.165) is 0 Å². The van der Waals surface area contributed by atoms with Gasteiger partial charge in [-0.1, -0.05) is 42.2 Å². The Balaban J connectivity index is 0.00000392. The van der Waals surface area contributed by atoms with Gasteiger partial charge in [0.05, 0.1) is 12.6 Å². The zero-order chi connectivity index (χ0) is 19.8. The maximum Gasteiger partial charge on any atom is 0.228 e. The molecule has 0 fully saturated rings. The molecule has 1 unspecified atom stereocenters. The SMILES string of the molecule is CCNC(=NCC(O)c1cc(Cl)cc(Cl)c1)NCCc1nc(C(C)C)no1.I. The number of nitrogens with zero attached hydrogens (tertiary/aromatic N) is 3. The summed E-state index contributed by atoms with van der Waals surface area (Å²) in [5, 5.41) is 21.5. The lowest BCUT2D eigenvalue weighted by Gasteiger charge is -2.13. The second-order valence-electron chi connectivity index (χ2n) is 6.32. The highest BCUT2D eigenvalue weighted by atomic mass is 127. The highest BCUT2D eigenvalue weighted by Gasteiger charge is 2.11. The maximum absolute atomic E-state index is 10.3. The molecule has 28 heavy (non-hydrogen) atoms. The standard InChI is InChI=1S/C18H25Cl2N5O2.HI/c1-4-21-18(22-6-5-16-24-17(11(2)3)25-27-16)23-10-15(26)12-7-13(19)9-14(20)8-12;/h7-9,11,15,26H,4-6,10H2,1-3H3,(H2,21,22,23);1H. The minimum absolute atomic E-state index is 0. The lowest BCUT2D eigenvalue weighted by molar-refractivity contribution is 0.187. The molecule has 1 aromatic carbocycles. The van der Waals surface area contributed by atoms with Gasteiger partial charge in [0.25, 0.3) is 0 Å². The van der Waals surface area contributed by atoms with E-state index in [0.29, 0.717) is 52.8 Å². The molecule has 0 aliphatic heterocycles. The number of rotatable bonds is 8. The van der Waals surface area contributed by atoms with Crippen LogP contribution in [0.1, 0.15) is 50.1 Å². The summed E-state index contributed by atoms with van der Waals surface area (Å²) < 4.78 is 5.22. The predicted molar refractivity (Wildman–Crippen MR) is 123 cm³/mol. The van der Waals surface area contributed by atoms with Crippen LogP contribution in [0.2, 0.25) is 10.0 Å². The molecule has 7 nitrogen and oxygen atoms in total. The van der Waals surface area contributed by atoms with E-state index in [-0.39, 0.29) is 36.4 Å². The Morgan fingerprint density at radius 2 is 1.89 bits per heavy atom. The van der Waals surface area contributed by atoms with Crippen LogP contribution in [0.15, 0.2) is 27.7 Å². The molecular formula is C18H26Cl2IN5O2. The fraction of sp³-hybridized carbons (Fsp3) is 0.500. The van der Waals surface area contributed by atoms with Crippen molar-refractivity contribution in [2.75, 3.05) is 19.6 Å². The first-order valence-electron chi connectivity index (χ1n) is 8.87. The number of benzene rings is 1. The van der Waals surface area contributed by atoms with E-state index in [1.54, 1.807) is 18.2 Å². The molecule has 1 aromatic heterocycles. The molecule has 0 bridgehead atoms. The van der Waals surface area contributed by atoms with Crippen molar-refractivity contribution in [3.05, 3.63) is 45.5 Å². The summed E-state index contributed by atoms with van der Waals surface area (Å²) in [6.45, 7) is 7.44. The van der Waals surface area contributed by atoms with Crippen LogP contribution in [-0.2, 0) is 6.42 Å². The van der Waals surface area contributed by atoms with Crippen LogP contribution in [0.3, 0.4) is 0 Å². The lowest BCUT2D eigenvalue weighted by atomic mass is 10.1. The molecule has 10 heteroatoms. The third-order valence-corrected chi connectivity index (χ3v) is 4.10. The van der Waals surface area contributed by atoms with Gasteiger partial charge in [-0.25, -0.2) is 0 Å².